The van der Waals surface area contributed by atoms with Crippen LogP contribution in [0.3, 0.4) is 0 Å². The Hall–Kier alpha value is -0.725. The smallest absolute Gasteiger partial charge is 0.123 e. The summed E-state index contributed by atoms with van der Waals surface area (Å²) in [5, 5.41) is 3.35. The van der Waals surface area contributed by atoms with Crippen LogP contribution in [0, 0.1) is 0 Å². The van der Waals surface area contributed by atoms with E-state index in [4.69, 9.17) is 0 Å². The van der Waals surface area contributed by atoms with E-state index in [-0.39, 0.29) is 8.41 Å². The summed E-state index contributed by atoms with van der Waals surface area (Å²) in [6.07, 6.45) is 3.10. The summed E-state index contributed by atoms with van der Waals surface area (Å²) in [6, 6.07) is 1.72. The van der Waals surface area contributed by atoms with Gasteiger partial charge in [-0.15, -0.1) is 0 Å². The Morgan fingerprint density at radius 1 is 1.50 bits per heavy atom. The summed E-state index contributed by atoms with van der Waals surface area (Å²) in [5.74, 6) is 0. The Kier molecular flexibility index (Phi) is 2.21. The van der Waals surface area contributed by atoms with Gasteiger partial charge in [-0.05, 0) is 6.07 Å². The first-order valence-electron chi connectivity index (χ1n) is 1.34. The Morgan fingerprint density at radius 2 is 2.33 bits per heavy atom. The van der Waals surface area contributed by atoms with Crippen LogP contribution in [0.2, 0.25) is 0 Å². The lowest BCUT2D eigenvalue weighted by molar-refractivity contribution is 0.420. The molecular weight excluding hydrogens is 76.9 g/mol. The quantitative estimate of drug-likeness (QED) is 0.418. The van der Waals surface area contributed by atoms with Crippen LogP contribution in [0.15, 0.2) is 23.0 Å². The van der Waals surface area contributed by atoms with E-state index in [1.54, 1.807) is 12.3 Å². The molecule has 3 heteroatoms. The summed E-state index contributed by atoms with van der Waals surface area (Å²) in [4.78, 5) is 0. The lowest BCUT2D eigenvalue weighted by Crippen LogP contribution is -1.38. The number of hydrogen-bond donors (Lipinski definition) is 0. The van der Waals surface area contributed by atoms with E-state index >= 15 is 0 Å². The van der Waals surface area contributed by atoms with Crippen LogP contribution >= 0.6 is 0 Å². The van der Waals surface area contributed by atoms with Gasteiger partial charge in [-0.25, -0.2) is 0 Å². The van der Waals surface area contributed by atoms with Crippen molar-refractivity contribution in [1.29, 1.82) is 0 Å². The Balaban J connectivity index is 0.000000250. The van der Waals surface area contributed by atoms with Crippen LogP contribution in [0.5, 0.6) is 0 Å². The fourth-order valence-corrected chi connectivity index (χ4v) is 0.176. The zero-order valence-electron chi connectivity index (χ0n) is 3.16. The number of nitrogens with zero attached hydrogens (tertiary/aromatic N) is 1. The molecule has 1 rings (SSSR count). The van der Waals surface area contributed by atoms with Crippen LogP contribution < -0.4 is 0 Å². The molecule has 0 bridgehead atoms. The Bertz CT molecular complexity index is 67.3. The van der Waals surface area contributed by atoms with E-state index in [1.165, 1.54) is 6.26 Å². The highest BCUT2D eigenvalue weighted by Crippen LogP contribution is 1.72. The van der Waals surface area contributed by atoms with Crippen molar-refractivity contribution in [3.63, 3.8) is 0 Å². The van der Waals surface area contributed by atoms with Gasteiger partial charge in [0, 0.05) is 8.41 Å². The van der Waals surface area contributed by atoms with Gasteiger partial charge in [0.15, 0.2) is 0 Å². The molecule has 0 aliphatic rings. The van der Waals surface area contributed by atoms with E-state index < -0.39 is 0 Å². The monoisotopic (exact) mass is 80.0 g/mol. The molecule has 29 valence electrons. The summed E-state index contributed by atoms with van der Waals surface area (Å²) < 4.78 is 4.33. The zero-order chi connectivity index (χ0) is 3.54. The highest BCUT2D eigenvalue weighted by atomic mass is 16.5. The van der Waals surface area contributed by atoms with E-state index in [9.17, 15) is 0 Å². The number of aromatic nitrogens is 1. The normalized spacial score (nSPS) is 6.67. The molecule has 0 fully saturated rings. The highest BCUT2D eigenvalue weighted by molar-refractivity contribution is 5.75. The predicted octanol–water partition coefficient (Wildman–Crippen LogP) is 0.294. The molecule has 0 unspecified atom stereocenters. The lowest BCUT2D eigenvalue weighted by atomic mass is 10.8. The maximum Gasteiger partial charge on any atom is 0.123 e. The minimum absolute atomic E-state index is 0. The molecule has 0 amide bonds. The number of rotatable bonds is 0. The molecule has 0 spiro atoms. The van der Waals surface area contributed by atoms with Crippen LogP contribution in [0.1, 0.15) is 0 Å². The maximum atomic E-state index is 4.33. The molecular formula is C3H3BNO. The van der Waals surface area contributed by atoms with Crippen molar-refractivity contribution >= 4 is 8.41 Å². The second kappa shape index (κ2) is 2.51. The van der Waals surface area contributed by atoms with Gasteiger partial charge in [-0.2, -0.15) is 0 Å². The fourth-order valence-electron chi connectivity index (χ4n) is 0.176. The largest absolute Gasteiger partial charge is 0.365 e. The van der Waals surface area contributed by atoms with Gasteiger partial charge in [0.25, 0.3) is 0 Å². The molecule has 1 aromatic rings. The number of hydrogen-bond acceptors (Lipinski definition) is 2. The van der Waals surface area contributed by atoms with E-state index in [2.05, 4.69) is 9.68 Å². The van der Waals surface area contributed by atoms with E-state index in [0.717, 1.165) is 0 Å². The molecule has 0 saturated carbocycles. The fraction of sp³-hybridized carbons (Fsp3) is 0. The first-order valence-corrected chi connectivity index (χ1v) is 1.34. The van der Waals surface area contributed by atoms with Crippen molar-refractivity contribution in [2.45, 2.75) is 0 Å². The molecule has 0 saturated heterocycles. The second-order valence-corrected chi connectivity index (χ2v) is 0.688. The van der Waals surface area contributed by atoms with Gasteiger partial charge >= 0.3 is 0 Å². The van der Waals surface area contributed by atoms with E-state index in [0.29, 0.717) is 0 Å². The SMILES string of the molecule is [B].c1cnoc1. The summed E-state index contributed by atoms with van der Waals surface area (Å²) in [5.41, 5.74) is 0. The molecule has 1 aromatic heterocycles. The minimum atomic E-state index is 0. The minimum Gasteiger partial charge on any atom is -0.365 e. The third kappa shape index (κ3) is 0.927. The Labute approximate surface area is 37.7 Å². The van der Waals surface area contributed by atoms with Crippen molar-refractivity contribution in [1.82, 2.24) is 5.16 Å². The average Bonchev–Trinajstić information content (AvgIpc) is 1.76. The van der Waals surface area contributed by atoms with Crippen LogP contribution in [0.4, 0.5) is 0 Å². The van der Waals surface area contributed by atoms with Crippen molar-refractivity contribution < 1.29 is 4.52 Å². The molecule has 0 atom stereocenters. The van der Waals surface area contributed by atoms with Crippen molar-refractivity contribution in [3.8, 4) is 0 Å². The lowest BCUT2D eigenvalue weighted by Gasteiger charge is -1.48. The molecule has 0 N–H and O–H groups in total. The van der Waals surface area contributed by atoms with E-state index in [1.807, 2.05) is 0 Å². The Morgan fingerprint density at radius 3 is 2.50 bits per heavy atom. The first kappa shape index (κ1) is 5.27. The van der Waals surface area contributed by atoms with Gasteiger partial charge in [0.1, 0.15) is 6.26 Å². The van der Waals surface area contributed by atoms with Gasteiger partial charge in [-0.1, -0.05) is 5.16 Å². The summed E-state index contributed by atoms with van der Waals surface area (Å²) in [6.45, 7) is 0. The van der Waals surface area contributed by atoms with Crippen LogP contribution in [-0.4, -0.2) is 13.6 Å². The topological polar surface area (TPSA) is 26.0 Å². The summed E-state index contributed by atoms with van der Waals surface area (Å²) >= 11 is 0. The molecule has 0 aliphatic heterocycles. The maximum absolute atomic E-state index is 4.33. The first-order chi connectivity index (χ1) is 2.50. The molecule has 0 aliphatic carbocycles. The average molecular weight is 79.9 g/mol. The van der Waals surface area contributed by atoms with Gasteiger partial charge < -0.3 is 4.52 Å². The van der Waals surface area contributed by atoms with Gasteiger partial charge in [0.2, 0.25) is 0 Å². The molecule has 3 radical (unpaired) electrons. The molecule has 2 nitrogen and oxygen atoms in total. The van der Waals surface area contributed by atoms with Crippen molar-refractivity contribution in [2.75, 3.05) is 0 Å². The molecule has 1 heterocycles. The molecule has 6 heavy (non-hydrogen) atoms. The van der Waals surface area contributed by atoms with Crippen LogP contribution in [-0.2, 0) is 0 Å². The zero-order valence-corrected chi connectivity index (χ0v) is 3.16. The highest BCUT2D eigenvalue weighted by Gasteiger charge is 1.60. The molecule has 0 aromatic carbocycles. The predicted molar refractivity (Wildman–Crippen MR) is 22.3 cm³/mol. The van der Waals surface area contributed by atoms with Gasteiger partial charge in [-0.3, -0.25) is 0 Å². The van der Waals surface area contributed by atoms with Crippen LogP contribution in [0.25, 0.3) is 0 Å². The standard InChI is InChI=1S/C3H3NO.B/c1-2-4-5-3-1;/h1-3H;. The second-order valence-electron chi connectivity index (χ2n) is 0.688. The summed E-state index contributed by atoms with van der Waals surface area (Å²) in [7, 11) is 0. The third-order valence-corrected chi connectivity index (χ3v) is 0.347. The third-order valence-electron chi connectivity index (χ3n) is 0.347. The van der Waals surface area contributed by atoms with Crippen molar-refractivity contribution in [2.24, 2.45) is 0 Å². The van der Waals surface area contributed by atoms with Gasteiger partial charge in [0.05, 0.1) is 6.20 Å². The van der Waals surface area contributed by atoms with Crippen molar-refractivity contribution in [3.05, 3.63) is 18.5 Å².